The van der Waals surface area contributed by atoms with Gasteiger partial charge in [-0.05, 0) is 12.8 Å². The second-order valence-electron chi connectivity index (χ2n) is 2.76. The Morgan fingerprint density at radius 2 is 2.10 bits per heavy atom. The van der Waals surface area contributed by atoms with E-state index >= 15 is 0 Å². The Balaban J connectivity index is 4.23. The normalized spacial score (nSPS) is 19.7. The molecule has 3 heteroatoms. The molecule has 0 rings (SSSR count). The zero-order chi connectivity index (χ0) is 8.36. The zero-order valence-corrected chi connectivity index (χ0v) is 8.38. The minimum atomic E-state index is -0.572. The summed E-state index contributed by atoms with van der Waals surface area (Å²) in [6.07, 6.45) is 0.951. The summed E-state index contributed by atoms with van der Waals surface area (Å²) in [7, 11) is 0. The first-order valence-electron chi connectivity index (χ1n) is 3.38. The molecule has 0 bridgehead atoms. The van der Waals surface area contributed by atoms with Crippen molar-refractivity contribution in [2.45, 2.75) is 31.9 Å². The van der Waals surface area contributed by atoms with Gasteiger partial charge in [-0.15, -0.1) is 12.6 Å². The highest BCUT2D eigenvalue weighted by Gasteiger charge is 2.31. The molecule has 2 unspecified atom stereocenters. The molecule has 0 amide bonds. The van der Waals surface area contributed by atoms with E-state index in [9.17, 15) is 4.79 Å². The van der Waals surface area contributed by atoms with Gasteiger partial charge in [-0.2, -0.15) is 12.6 Å². The summed E-state index contributed by atoms with van der Waals surface area (Å²) in [5, 5.41) is -0.148. The number of carbonyl (C=O) groups is 1. The molecule has 0 aliphatic rings. The van der Waals surface area contributed by atoms with Gasteiger partial charge in [0.05, 0.1) is 4.75 Å². The van der Waals surface area contributed by atoms with E-state index in [0.717, 1.165) is 6.42 Å². The highest BCUT2D eigenvalue weighted by Crippen LogP contribution is 2.28. The molecule has 0 heterocycles. The van der Waals surface area contributed by atoms with Crippen molar-refractivity contribution in [2.24, 2.45) is 5.92 Å². The number of hydrogen-bond donors (Lipinski definition) is 2. The summed E-state index contributed by atoms with van der Waals surface area (Å²) in [5.74, 6) is 0.279. The van der Waals surface area contributed by atoms with Gasteiger partial charge in [0.2, 0.25) is 5.12 Å². The standard InChI is InChI=1S/C7H14OS2/c1-4-5(2)7(3,10)6(8)9/h5,10H,4H2,1-3H3,(H,8,9). The molecule has 10 heavy (non-hydrogen) atoms. The molecule has 0 aliphatic carbocycles. The van der Waals surface area contributed by atoms with Crippen LogP contribution in [0.4, 0.5) is 0 Å². The van der Waals surface area contributed by atoms with Crippen molar-refractivity contribution in [3.63, 3.8) is 0 Å². The van der Waals surface area contributed by atoms with Crippen LogP contribution in [-0.2, 0) is 4.79 Å². The van der Waals surface area contributed by atoms with E-state index in [2.05, 4.69) is 25.3 Å². The average molecular weight is 178 g/mol. The largest absolute Gasteiger partial charge is 0.286 e. The van der Waals surface area contributed by atoms with Gasteiger partial charge < -0.3 is 0 Å². The molecule has 0 radical (unpaired) electrons. The van der Waals surface area contributed by atoms with Crippen molar-refractivity contribution >= 4 is 30.4 Å². The number of thiol groups is 2. The number of carbonyl (C=O) groups excluding carboxylic acids is 1. The van der Waals surface area contributed by atoms with Crippen LogP contribution >= 0.6 is 25.3 Å². The minimum Gasteiger partial charge on any atom is -0.286 e. The Bertz CT molecular complexity index is 132. The van der Waals surface area contributed by atoms with Crippen molar-refractivity contribution in [2.75, 3.05) is 0 Å². The summed E-state index contributed by atoms with van der Waals surface area (Å²) in [6, 6.07) is 0. The minimum absolute atomic E-state index is 0.148. The van der Waals surface area contributed by atoms with E-state index in [1.807, 2.05) is 13.8 Å². The molecule has 0 spiro atoms. The van der Waals surface area contributed by atoms with Gasteiger partial charge in [0.25, 0.3) is 0 Å². The summed E-state index contributed by atoms with van der Waals surface area (Å²) in [4.78, 5) is 10.9. The molecule has 0 aliphatic heterocycles. The van der Waals surface area contributed by atoms with Gasteiger partial charge in [-0.1, -0.05) is 20.3 Å². The lowest BCUT2D eigenvalue weighted by molar-refractivity contribution is -0.113. The molecule has 2 atom stereocenters. The maximum absolute atomic E-state index is 10.9. The van der Waals surface area contributed by atoms with E-state index in [-0.39, 0.29) is 11.0 Å². The first-order chi connectivity index (χ1) is 4.42. The van der Waals surface area contributed by atoms with Crippen LogP contribution in [0.1, 0.15) is 27.2 Å². The van der Waals surface area contributed by atoms with E-state index in [0.29, 0.717) is 0 Å². The fourth-order valence-corrected chi connectivity index (χ4v) is 1.01. The van der Waals surface area contributed by atoms with Gasteiger partial charge in [-0.25, -0.2) is 0 Å². The van der Waals surface area contributed by atoms with Crippen LogP contribution in [0.25, 0.3) is 0 Å². The Morgan fingerprint density at radius 3 is 2.20 bits per heavy atom. The van der Waals surface area contributed by atoms with Crippen molar-refractivity contribution < 1.29 is 4.79 Å². The van der Waals surface area contributed by atoms with Crippen molar-refractivity contribution in [3.05, 3.63) is 0 Å². The quantitative estimate of drug-likeness (QED) is 0.633. The van der Waals surface area contributed by atoms with Crippen LogP contribution in [-0.4, -0.2) is 9.86 Å². The predicted octanol–water partition coefficient (Wildman–Crippen LogP) is 2.18. The molecule has 0 aromatic rings. The molecule has 0 saturated heterocycles. The Labute approximate surface area is 73.4 Å². The number of rotatable bonds is 3. The van der Waals surface area contributed by atoms with E-state index in [4.69, 9.17) is 0 Å². The van der Waals surface area contributed by atoms with Gasteiger partial charge >= 0.3 is 0 Å². The molecular formula is C7H14OS2. The van der Waals surface area contributed by atoms with E-state index in [1.165, 1.54) is 0 Å². The van der Waals surface area contributed by atoms with Crippen molar-refractivity contribution in [1.82, 2.24) is 0 Å². The lowest BCUT2D eigenvalue weighted by Crippen LogP contribution is -2.32. The zero-order valence-electron chi connectivity index (χ0n) is 6.59. The molecule has 60 valence electrons. The first-order valence-corrected chi connectivity index (χ1v) is 4.28. The smallest absolute Gasteiger partial charge is 0.201 e. The van der Waals surface area contributed by atoms with Crippen molar-refractivity contribution in [1.29, 1.82) is 0 Å². The molecule has 1 nitrogen and oxygen atoms in total. The monoisotopic (exact) mass is 178 g/mol. The maximum atomic E-state index is 10.9. The Morgan fingerprint density at radius 1 is 1.70 bits per heavy atom. The SMILES string of the molecule is CCC(C)C(C)(S)C(=O)S. The lowest BCUT2D eigenvalue weighted by atomic mass is 9.94. The fraction of sp³-hybridized carbons (Fsp3) is 0.857. The number of hydrogen-bond acceptors (Lipinski definition) is 2. The van der Waals surface area contributed by atoms with Gasteiger partial charge in [0.15, 0.2) is 0 Å². The topological polar surface area (TPSA) is 17.1 Å². The van der Waals surface area contributed by atoms with Crippen LogP contribution in [0, 0.1) is 5.92 Å². The molecular weight excluding hydrogens is 164 g/mol. The molecule has 0 fully saturated rings. The van der Waals surface area contributed by atoms with Crippen molar-refractivity contribution in [3.8, 4) is 0 Å². The highest BCUT2D eigenvalue weighted by molar-refractivity contribution is 7.99. The lowest BCUT2D eigenvalue weighted by Gasteiger charge is -2.25. The Hall–Kier alpha value is 0.370. The van der Waals surface area contributed by atoms with Gasteiger partial charge in [-0.3, -0.25) is 4.79 Å². The predicted molar refractivity (Wildman–Crippen MR) is 50.8 cm³/mol. The first kappa shape index (κ1) is 10.4. The third-order valence-electron chi connectivity index (χ3n) is 2.00. The van der Waals surface area contributed by atoms with Crippen LogP contribution in [0.15, 0.2) is 0 Å². The Kier molecular flexibility index (Phi) is 3.81. The second kappa shape index (κ2) is 3.67. The molecule has 0 N–H and O–H groups in total. The molecule has 0 saturated carbocycles. The maximum Gasteiger partial charge on any atom is 0.201 e. The van der Waals surface area contributed by atoms with E-state index < -0.39 is 4.75 Å². The molecule has 0 aromatic heterocycles. The van der Waals surface area contributed by atoms with E-state index in [1.54, 1.807) is 6.92 Å². The van der Waals surface area contributed by atoms with Gasteiger partial charge in [0.1, 0.15) is 0 Å². The van der Waals surface area contributed by atoms with Gasteiger partial charge in [0, 0.05) is 0 Å². The van der Waals surface area contributed by atoms with Crippen LogP contribution in [0.5, 0.6) is 0 Å². The summed E-state index contributed by atoms with van der Waals surface area (Å²) < 4.78 is -0.572. The average Bonchev–Trinajstić information content (AvgIpc) is 1.86. The molecule has 0 aromatic carbocycles. The second-order valence-corrected chi connectivity index (χ2v) is 4.10. The van der Waals surface area contributed by atoms with Crippen LogP contribution in [0.3, 0.4) is 0 Å². The third-order valence-corrected chi connectivity index (χ3v) is 3.29. The summed E-state index contributed by atoms with van der Waals surface area (Å²) in [5.41, 5.74) is 0. The fourth-order valence-electron chi connectivity index (χ4n) is 0.608. The van der Waals surface area contributed by atoms with Crippen LogP contribution < -0.4 is 0 Å². The highest BCUT2D eigenvalue weighted by atomic mass is 32.1. The summed E-state index contributed by atoms with van der Waals surface area (Å²) >= 11 is 7.99. The van der Waals surface area contributed by atoms with Crippen LogP contribution in [0.2, 0.25) is 0 Å². The summed E-state index contributed by atoms with van der Waals surface area (Å²) in [6.45, 7) is 5.84. The third kappa shape index (κ3) is 2.20.